The van der Waals surface area contributed by atoms with Crippen molar-refractivity contribution in [3.8, 4) is 0 Å². The van der Waals surface area contributed by atoms with Crippen molar-refractivity contribution in [3.05, 3.63) is 0 Å². The number of carbonyl (C=O) groups is 1. The van der Waals surface area contributed by atoms with Crippen LogP contribution in [0.4, 0.5) is 0 Å². The third-order valence-corrected chi connectivity index (χ3v) is 3.22. The van der Waals surface area contributed by atoms with Gasteiger partial charge in [-0.3, -0.25) is 4.79 Å². The molecule has 0 saturated carbocycles. The largest absolute Gasteiger partial charge is 0.481 e. The predicted molar refractivity (Wildman–Crippen MR) is 61.0 cm³/mol. The van der Waals surface area contributed by atoms with Crippen LogP contribution < -0.4 is 0 Å². The standard InChI is InChI=1S/C12H24O3/c1-5-7-8-12(6-2,11(13)14)9-10(3)15-4/h10H,5-9H2,1-4H3,(H,13,14). The molecule has 0 aromatic rings. The normalized spacial score (nSPS) is 17.1. The quantitative estimate of drug-likeness (QED) is 0.678. The van der Waals surface area contributed by atoms with Gasteiger partial charge in [-0.15, -0.1) is 0 Å². The van der Waals surface area contributed by atoms with Crippen molar-refractivity contribution < 1.29 is 14.6 Å². The van der Waals surface area contributed by atoms with Crippen LogP contribution in [0.15, 0.2) is 0 Å². The van der Waals surface area contributed by atoms with Gasteiger partial charge in [-0.25, -0.2) is 0 Å². The van der Waals surface area contributed by atoms with Crippen molar-refractivity contribution >= 4 is 5.97 Å². The maximum Gasteiger partial charge on any atom is 0.309 e. The molecule has 0 bridgehead atoms. The van der Waals surface area contributed by atoms with Crippen LogP contribution in [-0.4, -0.2) is 24.3 Å². The van der Waals surface area contributed by atoms with Gasteiger partial charge in [-0.1, -0.05) is 26.7 Å². The summed E-state index contributed by atoms with van der Waals surface area (Å²) in [4.78, 5) is 11.4. The molecule has 3 heteroatoms. The zero-order chi connectivity index (χ0) is 11.9. The van der Waals surface area contributed by atoms with Gasteiger partial charge in [-0.05, 0) is 26.2 Å². The van der Waals surface area contributed by atoms with E-state index in [0.717, 1.165) is 19.3 Å². The molecule has 0 aromatic carbocycles. The smallest absolute Gasteiger partial charge is 0.309 e. The highest BCUT2D eigenvalue weighted by atomic mass is 16.5. The van der Waals surface area contributed by atoms with E-state index in [1.54, 1.807) is 7.11 Å². The van der Waals surface area contributed by atoms with E-state index in [4.69, 9.17) is 4.74 Å². The van der Waals surface area contributed by atoms with Gasteiger partial charge in [0, 0.05) is 7.11 Å². The minimum atomic E-state index is -0.678. The Labute approximate surface area is 92.8 Å². The van der Waals surface area contributed by atoms with Crippen LogP contribution in [0.3, 0.4) is 0 Å². The zero-order valence-electron chi connectivity index (χ0n) is 10.4. The molecule has 0 aliphatic heterocycles. The Hall–Kier alpha value is -0.570. The van der Waals surface area contributed by atoms with Gasteiger partial charge < -0.3 is 9.84 Å². The van der Waals surface area contributed by atoms with E-state index in [0.29, 0.717) is 12.8 Å². The fraction of sp³-hybridized carbons (Fsp3) is 0.917. The molecular weight excluding hydrogens is 192 g/mol. The minimum absolute atomic E-state index is 0.0120. The highest BCUT2D eigenvalue weighted by molar-refractivity contribution is 5.74. The van der Waals surface area contributed by atoms with Crippen molar-refractivity contribution in [1.82, 2.24) is 0 Å². The fourth-order valence-corrected chi connectivity index (χ4v) is 1.92. The van der Waals surface area contributed by atoms with Crippen LogP contribution in [0.5, 0.6) is 0 Å². The Morgan fingerprint density at radius 3 is 2.40 bits per heavy atom. The molecule has 0 aliphatic carbocycles. The summed E-state index contributed by atoms with van der Waals surface area (Å²) < 4.78 is 5.17. The molecule has 15 heavy (non-hydrogen) atoms. The molecule has 0 aromatic heterocycles. The third-order valence-electron chi connectivity index (χ3n) is 3.22. The first-order chi connectivity index (χ1) is 7.02. The van der Waals surface area contributed by atoms with Crippen LogP contribution in [-0.2, 0) is 9.53 Å². The number of hydrogen-bond acceptors (Lipinski definition) is 2. The summed E-state index contributed by atoms with van der Waals surface area (Å²) in [6.45, 7) is 5.97. The molecule has 90 valence electrons. The van der Waals surface area contributed by atoms with Gasteiger partial charge in [0.2, 0.25) is 0 Å². The van der Waals surface area contributed by atoms with E-state index in [2.05, 4.69) is 6.92 Å². The molecule has 0 aliphatic rings. The molecule has 0 radical (unpaired) electrons. The second-order valence-corrected chi connectivity index (χ2v) is 4.29. The highest BCUT2D eigenvalue weighted by Gasteiger charge is 2.37. The fourth-order valence-electron chi connectivity index (χ4n) is 1.92. The van der Waals surface area contributed by atoms with Crippen LogP contribution in [0.2, 0.25) is 0 Å². The topological polar surface area (TPSA) is 46.5 Å². The number of methoxy groups -OCH3 is 1. The number of carboxylic acid groups (broad SMARTS) is 1. The van der Waals surface area contributed by atoms with Crippen LogP contribution in [0, 0.1) is 5.41 Å². The average Bonchev–Trinajstić information content (AvgIpc) is 2.23. The molecule has 2 atom stereocenters. The lowest BCUT2D eigenvalue weighted by atomic mass is 9.76. The SMILES string of the molecule is CCCCC(CC)(CC(C)OC)C(=O)O. The van der Waals surface area contributed by atoms with Crippen LogP contribution in [0.1, 0.15) is 52.9 Å². The Bertz CT molecular complexity index is 191. The van der Waals surface area contributed by atoms with E-state index in [1.807, 2.05) is 13.8 Å². The van der Waals surface area contributed by atoms with Gasteiger partial charge in [0.05, 0.1) is 11.5 Å². The summed E-state index contributed by atoms with van der Waals surface area (Å²) in [6, 6.07) is 0. The number of rotatable bonds is 8. The molecule has 0 fully saturated rings. The number of carboxylic acids is 1. The van der Waals surface area contributed by atoms with E-state index in [1.165, 1.54) is 0 Å². The van der Waals surface area contributed by atoms with Crippen molar-refractivity contribution in [2.75, 3.05) is 7.11 Å². The van der Waals surface area contributed by atoms with E-state index >= 15 is 0 Å². The number of unbranched alkanes of at least 4 members (excludes halogenated alkanes) is 1. The number of aliphatic carboxylic acids is 1. The lowest BCUT2D eigenvalue weighted by Gasteiger charge is -2.30. The number of ether oxygens (including phenoxy) is 1. The lowest BCUT2D eigenvalue weighted by Crippen LogP contribution is -2.34. The predicted octanol–water partition coefficient (Wildman–Crippen LogP) is 3.08. The van der Waals surface area contributed by atoms with Gasteiger partial charge in [-0.2, -0.15) is 0 Å². The lowest BCUT2D eigenvalue weighted by molar-refractivity contribution is -0.152. The molecule has 0 saturated heterocycles. The molecular formula is C12H24O3. The number of hydrogen-bond donors (Lipinski definition) is 1. The summed E-state index contributed by atoms with van der Waals surface area (Å²) in [5.41, 5.74) is -0.592. The van der Waals surface area contributed by atoms with Crippen molar-refractivity contribution in [2.45, 2.75) is 59.0 Å². The highest BCUT2D eigenvalue weighted by Crippen LogP contribution is 2.35. The van der Waals surface area contributed by atoms with Gasteiger partial charge in [0.15, 0.2) is 0 Å². The Balaban J connectivity index is 4.57. The molecule has 0 spiro atoms. The molecule has 1 N–H and O–H groups in total. The van der Waals surface area contributed by atoms with Crippen molar-refractivity contribution in [1.29, 1.82) is 0 Å². The first-order valence-corrected chi connectivity index (χ1v) is 5.78. The second kappa shape index (κ2) is 6.83. The summed E-state index contributed by atoms with van der Waals surface area (Å²) in [7, 11) is 1.63. The van der Waals surface area contributed by atoms with Gasteiger partial charge in [0.1, 0.15) is 0 Å². The molecule has 0 rings (SSSR count). The summed E-state index contributed by atoms with van der Waals surface area (Å²) in [6.07, 6.45) is 4.05. The summed E-state index contributed by atoms with van der Waals surface area (Å²) in [5, 5.41) is 9.34. The van der Waals surface area contributed by atoms with Crippen LogP contribution in [0.25, 0.3) is 0 Å². The molecule has 2 unspecified atom stereocenters. The maximum absolute atomic E-state index is 11.4. The van der Waals surface area contributed by atoms with Crippen LogP contribution >= 0.6 is 0 Å². The van der Waals surface area contributed by atoms with E-state index in [9.17, 15) is 9.90 Å². The van der Waals surface area contributed by atoms with E-state index in [-0.39, 0.29) is 6.10 Å². The molecule has 0 heterocycles. The first-order valence-electron chi connectivity index (χ1n) is 5.78. The van der Waals surface area contributed by atoms with Gasteiger partial charge >= 0.3 is 5.97 Å². The summed E-state index contributed by atoms with van der Waals surface area (Å²) in [5.74, 6) is -0.678. The first kappa shape index (κ1) is 14.4. The Morgan fingerprint density at radius 2 is 2.07 bits per heavy atom. The zero-order valence-corrected chi connectivity index (χ0v) is 10.4. The van der Waals surface area contributed by atoms with Gasteiger partial charge in [0.25, 0.3) is 0 Å². The van der Waals surface area contributed by atoms with Crippen molar-refractivity contribution in [2.24, 2.45) is 5.41 Å². The Morgan fingerprint density at radius 1 is 1.47 bits per heavy atom. The minimum Gasteiger partial charge on any atom is -0.481 e. The van der Waals surface area contributed by atoms with Crippen molar-refractivity contribution in [3.63, 3.8) is 0 Å². The second-order valence-electron chi connectivity index (χ2n) is 4.29. The van der Waals surface area contributed by atoms with E-state index < -0.39 is 11.4 Å². The molecule has 3 nitrogen and oxygen atoms in total. The maximum atomic E-state index is 11.4. The third kappa shape index (κ3) is 4.20. The molecule has 0 amide bonds. The average molecular weight is 216 g/mol. The Kier molecular flexibility index (Phi) is 6.57. The monoisotopic (exact) mass is 216 g/mol. The summed E-state index contributed by atoms with van der Waals surface area (Å²) >= 11 is 0.